The second-order valence-corrected chi connectivity index (χ2v) is 9.55. The zero-order valence-corrected chi connectivity index (χ0v) is 17.3. The number of sulfonamides is 1. The second-order valence-electron chi connectivity index (χ2n) is 6.71. The van der Waals surface area contributed by atoms with E-state index in [2.05, 4.69) is 15.6 Å². The number of hydrogen-bond acceptors (Lipinski definition) is 6. The van der Waals surface area contributed by atoms with Crippen molar-refractivity contribution in [1.29, 1.82) is 0 Å². The van der Waals surface area contributed by atoms with Crippen LogP contribution < -0.4 is 10.6 Å². The molecular formula is C18H21FN4O4S2. The third-order valence-electron chi connectivity index (χ3n) is 4.62. The van der Waals surface area contributed by atoms with Crippen molar-refractivity contribution in [3.05, 3.63) is 41.7 Å². The molecule has 0 bridgehead atoms. The van der Waals surface area contributed by atoms with Crippen LogP contribution in [0.5, 0.6) is 0 Å². The van der Waals surface area contributed by atoms with E-state index < -0.39 is 33.7 Å². The molecule has 2 heterocycles. The first kappa shape index (κ1) is 21.3. The maximum Gasteiger partial charge on any atom is 0.248 e. The van der Waals surface area contributed by atoms with Crippen LogP contribution in [0.3, 0.4) is 0 Å². The molecule has 11 heteroatoms. The number of anilines is 1. The van der Waals surface area contributed by atoms with Gasteiger partial charge < -0.3 is 10.6 Å². The topological polar surface area (TPSA) is 108 Å². The molecule has 0 spiro atoms. The highest BCUT2D eigenvalue weighted by molar-refractivity contribution is 7.89. The average Bonchev–Trinajstić information content (AvgIpc) is 3.21. The molecule has 2 aromatic rings. The lowest BCUT2D eigenvalue weighted by atomic mass is 9.98. The average molecular weight is 441 g/mol. The maximum atomic E-state index is 13.1. The van der Waals surface area contributed by atoms with Gasteiger partial charge in [0.15, 0.2) is 5.13 Å². The lowest BCUT2D eigenvalue weighted by molar-refractivity contribution is -0.129. The minimum Gasteiger partial charge on any atom is -0.344 e. The molecule has 1 aliphatic rings. The van der Waals surface area contributed by atoms with E-state index in [9.17, 15) is 22.4 Å². The number of carbonyl (C=O) groups is 2. The summed E-state index contributed by atoms with van der Waals surface area (Å²) in [5.41, 5.74) is 0. The number of carbonyl (C=O) groups excluding carboxylic acids is 2. The molecule has 0 radical (unpaired) electrons. The highest BCUT2D eigenvalue weighted by Gasteiger charge is 2.34. The second kappa shape index (κ2) is 8.97. The number of halogens is 1. The largest absolute Gasteiger partial charge is 0.344 e. The van der Waals surface area contributed by atoms with E-state index in [1.54, 1.807) is 18.5 Å². The summed E-state index contributed by atoms with van der Waals surface area (Å²) < 4.78 is 39.9. The predicted octanol–water partition coefficient (Wildman–Crippen LogP) is 1.83. The van der Waals surface area contributed by atoms with Crippen LogP contribution in [0.2, 0.25) is 0 Å². The van der Waals surface area contributed by atoms with Crippen LogP contribution in [0, 0.1) is 11.7 Å². The van der Waals surface area contributed by atoms with E-state index in [0.717, 1.165) is 12.1 Å². The van der Waals surface area contributed by atoms with Crippen molar-refractivity contribution in [3.63, 3.8) is 0 Å². The van der Waals surface area contributed by atoms with Gasteiger partial charge in [0, 0.05) is 24.7 Å². The Morgan fingerprint density at radius 3 is 2.69 bits per heavy atom. The van der Waals surface area contributed by atoms with E-state index in [-0.39, 0.29) is 23.9 Å². The molecule has 1 aromatic carbocycles. The van der Waals surface area contributed by atoms with Crippen molar-refractivity contribution < 1.29 is 22.4 Å². The van der Waals surface area contributed by atoms with Gasteiger partial charge in [-0.05, 0) is 44.0 Å². The number of rotatable bonds is 6. The molecule has 29 heavy (non-hydrogen) atoms. The first-order chi connectivity index (χ1) is 13.8. The van der Waals surface area contributed by atoms with Crippen LogP contribution in [0.25, 0.3) is 0 Å². The summed E-state index contributed by atoms with van der Waals surface area (Å²) in [6, 6.07) is 3.79. The van der Waals surface area contributed by atoms with Crippen LogP contribution >= 0.6 is 11.3 Å². The molecule has 2 amide bonds. The summed E-state index contributed by atoms with van der Waals surface area (Å²) in [5.74, 6) is -1.88. The van der Waals surface area contributed by atoms with Gasteiger partial charge in [-0.15, -0.1) is 11.3 Å². The zero-order valence-electron chi connectivity index (χ0n) is 15.7. The Morgan fingerprint density at radius 2 is 2.03 bits per heavy atom. The molecule has 1 fully saturated rings. The van der Waals surface area contributed by atoms with E-state index in [1.807, 2.05) is 0 Å². The standard InChI is InChI=1S/C18H21FN4O4S2/c1-12(16(24)22-18-20-8-10-28-18)21-17(25)13-3-2-9-23(11-13)29(26,27)15-6-4-14(19)5-7-15/h4-8,10,12-13H,2-3,9,11H2,1H3,(H,21,25)(H,20,22,24)/t12-,13+/m1/s1. The molecule has 0 aliphatic carbocycles. The summed E-state index contributed by atoms with van der Waals surface area (Å²) in [6.45, 7) is 1.84. The van der Waals surface area contributed by atoms with Crippen LogP contribution in [-0.4, -0.2) is 48.7 Å². The Labute approximate surface area is 172 Å². The molecule has 1 aliphatic heterocycles. The fourth-order valence-corrected chi connectivity index (χ4v) is 5.08. The summed E-state index contributed by atoms with van der Waals surface area (Å²) in [7, 11) is -3.82. The molecule has 2 N–H and O–H groups in total. The van der Waals surface area contributed by atoms with E-state index in [0.29, 0.717) is 18.0 Å². The number of aromatic nitrogens is 1. The minimum absolute atomic E-state index is 0.00631. The smallest absolute Gasteiger partial charge is 0.248 e. The molecular weight excluding hydrogens is 419 g/mol. The minimum atomic E-state index is -3.82. The number of thiazole rings is 1. The molecule has 156 valence electrons. The first-order valence-electron chi connectivity index (χ1n) is 9.04. The normalized spacial score (nSPS) is 18.8. The highest BCUT2D eigenvalue weighted by atomic mass is 32.2. The quantitative estimate of drug-likeness (QED) is 0.712. The Bertz CT molecular complexity index is 964. The monoisotopic (exact) mass is 440 g/mol. The van der Waals surface area contributed by atoms with Crippen molar-refractivity contribution in [2.24, 2.45) is 5.92 Å². The van der Waals surface area contributed by atoms with E-state index in [1.165, 1.54) is 27.8 Å². The Balaban J connectivity index is 1.61. The van der Waals surface area contributed by atoms with Crippen molar-refractivity contribution in [2.45, 2.75) is 30.7 Å². The van der Waals surface area contributed by atoms with Gasteiger partial charge in [0.05, 0.1) is 10.8 Å². The summed E-state index contributed by atoms with van der Waals surface area (Å²) in [6.07, 6.45) is 2.59. The number of hydrogen-bond donors (Lipinski definition) is 2. The maximum absolute atomic E-state index is 13.1. The molecule has 0 unspecified atom stereocenters. The van der Waals surface area contributed by atoms with Crippen LogP contribution in [0.1, 0.15) is 19.8 Å². The molecule has 2 atom stereocenters. The van der Waals surface area contributed by atoms with Gasteiger partial charge in [-0.1, -0.05) is 0 Å². The Kier molecular flexibility index (Phi) is 6.60. The number of nitrogens with zero attached hydrogens (tertiary/aromatic N) is 2. The van der Waals surface area contributed by atoms with Gasteiger partial charge in [-0.3, -0.25) is 9.59 Å². The van der Waals surface area contributed by atoms with E-state index in [4.69, 9.17) is 0 Å². The molecule has 0 saturated carbocycles. The highest BCUT2D eigenvalue weighted by Crippen LogP contribution is 2.24. The summed E-state index contributed by atoms with van der Waals surface area (Å²) in [4.78, 5) is 28.7. The van der Waals surface area contributed by atoms with Gasteiger partial charge in [-0.2, -0.15) is 4.31 Å². The number of nitrogens with one attached hydrogen (secondary N) is 2. The van der Waals surface area contributed by atoms with Crippen molar-refractivity contribution in [2.75, 3.05) is 18.4 Å². The van der Waals surface area contributed by atoms with Crippen LogP contribution in [0.15, 0.2) is 40.7 Å². The van der Waals surface area contributed by atoms with Crippen molar-refractivity contribution in [3.8, 4) is 0 Å². The predicted molar refractivity (Wildman–Crippen MR) is 106 cm³/mol. The molecule has 1 saturated heterocycles. The van der Waals surface area contributed by atoms with Gasteiger partial charge in [0.1, 0.15) is 11.9 Å². The van der Waals surface area contributed by atoms with Crippen LogP contribution in [-0.2, 0) is 19.6 Å². The van der Waals surface area contributed by atoms with Gasteiger partial charge in [-0.25, -0.2) is 17.8 Å². The lowest BCUT2D eigenvalue weighted by Gasteiger charge is -2.31. The number of piperidine rings is 1. The fourth-order valence-electron chi connectivity index (χ4n) is 3.03. The number of amides is 2. The fraction of sp³-hybridized carbons (Fsp3) is 0.389. The third-order valence-corrected chi connectivity index (χ3v) is 7.19. The van der Waals surface area contributed by atoms with Gasteiger partial charge in [0.2, 0.25) is 21.8 Å². The number of benzene rings is 1. The van der Waals surface area contributed by atoms with Crippen LogP contribution in [0.4, 0.5) is 9.52 Å². The Hall–Kier alpha value is -2.37. The molecule has 3 rings (SSSR count). The summed E-state index contributed by atoms with van der Waals surface area (Å²) in [5, 5.41) is 7.40. The zero-order chi connectivity index (χ0) is 21.0. The van der Waals surface area contributed by atoms with E-state index >= 15 is 0 Å². The van der Waals surface area contributed by atoms with Gasteiger partial charge >= 0.3 is 0 Å². The SMILES string of the molecule is C[C@@H](NC(=O)[C@H]1CCCN(S(=O)(=O)c2ccc(F)cc2)C1)C(=O)Nc1nccs1. The van der Waals surface area contributed by atoms with Crippen molar-refractivity contribution >= 4 is 38.3 Å². The third kappa shape index (κ3) is 5.17. The van der Waals surface area contributed by atoms with Gasteiger partial charge in [0.25, 0.3) is 0 Å². The first-order valence-corrected chi connectivity index (χ1v) is 11.4. The molecule has 1 aromatic heterocycles. The molecule has 8 nitrogen and oxygen atoms in total. The Morgan fingerprint density at radius 1 is 1.31 bits per heavy atom. The van der Waals surface area contributed by atoms with Crippen molar-refractivity contribution in [1.82, 2.24) is 14.6 Å². The summed E-state index contributed by atoms with van der Waals surface area (Å²) >= 11 is 1.26. The lowest BCUT2D eigenvalue weighted by Crippen LogP contribution is -2.49.